The average molecular weight is 454 g/mol. The smallest absolute Gasteiger partial charge is 0.225 e. The van der Waals surface area contributed by atoms with Crippen LogP contribution in [-0.2, 0) is 4.79 Å². The highest BCUT2D eigenvalue weighted by Gasteiger charge is 2.18. The van der Waals surface area contributed by atoms with Crippen molar-refractivity contribution in [3.05, 3.63) is 108 Å². The monoisotopic (exact) mass is 453 g/mol. The number of ketones is 1. The maximum Gasteiger partial charge on any atom is 0.225 e. The lowest BCUT2D eigenvalue weighted by atomic mass is 10.0. The standard InChI is InChI=1S/C29H31N3O2/c33-28(30-27-16-8-7-15-26(27)29(34)25-13-5-2-6-14-25)17-19-32-22-20-31(21-23-32)18-9-12-24-10-3-1-4-11-24/h1-16H,17-23H2,(H,30,33). The van der Waals surface area contributed by atoms with Crippen molar-refractivity contribution in [2.45, 2.75) is 6.42 Å². The van der Waals surface area contributed by atoms with E-state index in [4.69, 9.17) is 0 Å². The number of amides is 1. The minimum absolute atomic E-state index is 0.0680. The fourth-order valence-corrected chi connectivity index (χ4v) is 4.10. The van der Waals surface area contributed by atoms with E-state index in [1.807, 2.05) is 48.5 Å². The van der Waals surface area contributed by atoms with E-state index in [1.165, 1.54) is 5.56 Å². The fraction of sp³-hybridized carbons (Fsp3) is 0.241. The van der Waals surface area contributed by atoms with Crippen molar-refractivity contribution in [1.82, 2.24) is 9.80 Å². The van der Waals surface area contributed by atoms with Gasteiger partial charge in [0.25, 0.3) is 0 Å². The number of hydrogen-bond acceptors (Lipinski definition) is 4. The van der Waals surface area contributed by atoms with Gasteiger partial charge in [-0.15, -0.1) is 0 Å². The number of benzene rings is 3. The lowest BCUT2D eigenvalue weighted by molar-refractivity contribution is -0.116. The third-order valence-corrected chi connectivity index (χ3v) is 6.08. The Hall–Kier alpha value is -3.54. The van der Waals surface area contributed by atoms with E-state index in [0.29, 0.717) is 29.8 Å². The van der Waals surface area contributed by atoms with Gasteiger partial charge in [0.2, 0.25) is 5.91 Å². The third kappa shape index (κ3) is 6.73. The summed E-state index contributed by atoms with van der Waals surface area (Å²) < 4.78 is 0. The third-order valence-electron chi connectivity index (χ3n) is 6.08. The largest absolute Gasteiger partial charge is 0.325 e. The number of para-hydroxylation sites is 1. The van der Waals surface area contributed by atoms with Gasteiger partial charge in [-0.25, -0.2) is 0 Å². The predicted molar refractivity (Wildman–Crippen MR) is 138 cm³/mol. The number of anilines is 1. The number of piperazine rings is 1. The molecule has 5 heteroatoms. The van der Waals surface area contributed by atoms with Crippen molar-refractivity contribution >= 4 is 23.5 Å². The highest BCUT2D eigenvalue weighted by atomic mass is 16.1. The van der Waals surface area contributed by atoms with Gasteiger partial charge < -0.3 is 10.2 Å². The highest BCUT2D eigenvalue weighted by Crippen LogP contribution is 2.19. The Kier molecular flexibility index (Phi) is 8.38. The molecule has 0 aliphatic carbocycles. The van der Waals surface area contributed by atoms with Gasteiger partial charge in [-0.1, -0.05) is 84.9 Å². The highest BCUT2D eigenvalue weighted by molar-refractivity contribution is 6.13. The van der Waals surface area contributed by atoms with Crippen LogP contribution in [-0.4, -0.2) is 60.8 Å². The van der Waals surface area contributed by atoms with Gasteiger partial charge in [0.1, 0.15) is 0 Å². The molecule has 0 unspecified atom stereocenters. The molecule has 34 heavy (non-hydrogen) atoms. The Morgan fingerprint density at radius 3 is 2.12 bits per heavy atom. The predicted octanol–water partition coefficient (Wildman–Crippen LogP) is 4.58. The number of carbonyl (C=O) groups excluding carboxylic acids is 2. The number of carbonyl (C=O) groups is 2. The maximum absolute atomic E-state index is 12.9. The van der Waals surface area contributed by atoms with Crippen LogP contribution in [0.5, 0.6) is 0 Å². The molecule has 0 aromatic heterocycles. The summed E-state index contributed by atoms with van der Waals surface area (Å²) in [7, 11) is 0. The van der Waals surface area contributed by atoms with Gasteiger partial charge in [-0.2, -0.15) is 0 Å². The minimum Gasteiger partial charge on any atom is -0.325 e. The molecule has 1 aliphatic rings. The van der Waals surface area contributed by atoms with Crippen molar-refractivity contribution in [3.63, 3.8) is 0 Å². The van der Waals surface area contributed by atoms with E-state index in [1.54, 1.807) is 24.3 Å². The topological polar surface area (TPSA) is 52.7 Å². The Morgan fingerprint density at radius 2 is 1.38 bits per heavy atom. The van der Waals surface area contributed by atoms with Crippen LogP contribution in [0.1, 0.15) is 27.9 Å². The van der Waals surface area contributed by atoms with Crippen LogP contribution in [0.3, 0.4) is 0 Å². The second-order valence-corrected chi connectivity index (χ2v) is 8.49. The lowest BCUT2D eigenvalue weighted by Gasteiger charge is -2.34. The molecule has 1 fully saturated rings. The molecule has 1 saturated heterocycles. The lowest BCUT2D eigenvalue weighted by Crippen LogP contribution is -2.46. The van der Waals surface area contributed by atoms with Gasteiger partial charge in [0.15, 0.2) is 5.78 Å². The van der Waals surface area contributed by atoms with Crippen molar-refractivity contribution in [2.75, 3.05) is 44.6 Å². The van der Waals surface area contributed by atoms with Gasteiger partial charge in [-0.05, 0) is 17.7 Å². The van der Waals surface area contributed by atoms with E-state index in [-0.39, 0.29) is 11.7 Å². The molecule has 1 amide bonds. The second kappa shape index (κ2) is 12.1. The van der Waals surface area contributed by atoms with Crippen LogP contribution in [0.4, 0.5) is 5.69 Å². The quantitative estimate of drug-likeness (QED) is 0.482. The van der Waals surface area contributed by atoms with Crippen LogP contribution in [0, 0.1) is 0 Å². The van der Waals surface area contributed by atoms with E-state index >= 15 is 0 Å². The minimum atomic E-state index is -0.0889. The Balaban J connectivity index is 1.22. The van der Waals surface area contributed by atoms with Crippen LogP contribution in [0.15, 0.2) is 91.0 Å². The second-order valence-electron chi connectivity index (χ2n) is 8.49. The summed E-state index contributed by atoms with van der Waals surface area (Å²) in [5.74, 6) is -0.157. The number of hydrogen-bond donors (Lipinski definition) is 1. The van der Waals surface area contributed by atoms with E-state index < -0.39 is 0 Å². The fourth-order valence-electron chi connectivity index (χ4n) is 4.10. The summed E-state index contributed by atoms with van der Waals surface area (Å²) in [6.07, 6.45) is 4.78. The zero-order chi connectivity index (χ0) is 23.6. The zero-order valence-electron chi connectivity index (χ0n) is 19.4. The normalized spacial score (nSPS) is 14.8. The molecular weight excluding hydrogens is 422 g/mol. The van der Waals surface area contributed by atoms with Gasteiger partial charge in [0.05, 0.1) is 5.69 Å². The SMILES string of the molecule is O=C(CCN1CCN(CC=Cc2ccccc2)CC1)Nc1ccccc1C(=O)c1ccccc1. The first-order valence-corrected chi connectivity index (χ1v) is 11.8. The molecule has 0 bridgehead atoms. The first-order chi connectivity index (χ1) is 16.7. The molecule has 174 valence electrons. The summed E-state index contributed by atoms with van der Waals surface area (Å²) in [4.78, 5) is 30.3. The molecule has 0 saturated carbocycles. The average Bonchev–Trinajstić information content (AvgIpc) is 2.89. The van der Waals surface area contributed by atoms with E-state index in [2.05, 4.69) is 39.4 Å². The van der Waals surface area contributed by atoms with Gasteiger partial charge in [-0.3, -0.25) is 14.5 Å². The molecule has 0 spiro atoms. The molecule has 0 radical (unpaired) electrons. The maximum atomic E-state index is 12.9. The van der Waals surface area contributed by atoms with Crippen LogP contribution < -0.4 is 5.32 Å². The Morgan fingerprint density at radius 1 is 0.765 bits per heavy atom. The summed E-state index contributed by atoms with van der Waals surface area (Å²) in [6.45, 7) is 5.55. The van der Waals surface area contributed by atoms with Crippen molar-refractivity contribution in [1.29, 1.82) is 0 Å². The van der Waals surface area contributed by atoms with Crippen molar-refractivity contribution in [2.24, 2.45) is 0 Å². The van der Waals surface area contributed by atoms with Gasteiger partial charge in [0, 0.05) is 56.8 Å². The molecule has 4 rings (SSSR count). The zero-order valence-corrected chi connectivity index (χ0v) is 19.4. The van der Waals surface area contributed by atoms with Crippen LogP contribution in [0.25, 0.3) is 6.08 Å². The molecule has 1 heterocycles. The number of nitrogens with zero attached hydrogens (tertiary/aromatic N) is 2. The Bertz CT molecular complexity index is 1100. The van der Waals surface area contributed by atoms with Crippen molar-refractivity contribution in [3.8, 4) is 0 Å². The first-order valence-electron chi connectivity index (χ1n) is 11.8. The first kappa shape index (κ1) is 23.6. The molecule has 5 nitrogen and oxygen atoms in total. The van der Waals surface area contributed by atoms with Crippen molar-refractivity contribution < 1.29 is 9.59 Å². The summed E-state index contributed by atoms with van der Waals surface area (Å²) in [6, 6.07) is 26.7. The van der Waals surface area contributed by atoms with Crippen LogP contribution >= 0.6 is 0 Å². The van der Waals surface area contributed by atoms with E-state index in [0.717, 1.165) is 32.7 Å². The molecule has 0 atom stereocenters. The summed E-state index contributed by atoms with van der Waals surface area (Å²) >= 11 is 0. The molecule has 1 aliphatic heterocycles. The molecule has 3 aromatic rings. The summed E-state index contributed by atoms with van der Waals surface area (Å²) in [5, 5.41) is 2.95. The number of rotatable bonds is 9. The molecule has 3 aromatic carbocycles. The Labute approximate surface area is 201 Å². The van der Waals surface area contributed by atoms with Gasteiger partial charge >= 0.3 is 0 Å². The summed E-state index contributed by atoms with van der Waals surface area (Å²) in [5.41, 5.74) is 2.91. The molecule has 1 N–H and O–H groups in total. The molecular formula is C29H31N3O2. The van der Waals surface area contributed by atoms with E-state index in [9.17, 15) is 9.59 Å². The van der Waals surface area contributed by atoms with Crippen LogP contribution in [0.2, 0.25) is 0 Å². The number of nitrogens with one attached hydrogen (secondary N) is 1.